The quantitative estimate of drug-likeness (QED) is 0.352. The van der Waals surface area contributed by atoms with Gasteiger partial charge < -0.3 is 23.8 Å². The zero-order valence-corrected chi connectivity index (χ0v) is 30.0. The first kappa shape index (κ1) is 32.5. The van der Waals surface area contributed by atoms with Gasteiger partial charge in [-0.1, -0.05) is 25.3 Å². The summed E-state index contributed by atoms with van der Waals surface area (Å²) >= 11 is 0. The molecule has 5 fully saturated rings. The van der Waals surface area contributed by atoms with E-state index in [-0.39, 0.29) is 29.7 Å². The number of likely N-dealkylation sites (tertiary alicyclic amines) is 1. The van der Waals surface area contributed by atoms with E-state index in [1.54, 1.807) is 13.2 Å². The van der Waals surface area contributed by atoms with E-state index in [4.69, 9.17) is 9.47 Å². The van der Waals surface area contributed by atoms with Crippen LogP contribution in [0.3, 0.4) is 0 Å². The molecule has 1 N–H and O–H groups in total. The molecule has 2 saturated carbocycles. The summed E-state index contributed by atoms with van der Waals surface area (Å²) in [4.78, 5) is 33.3. The molecule has 0 radical (unpaired) electrons. The van der Waals surface area contributed by atoms with Gasteiger partial charge in [-0.3, -0.25) is 9.59 Å². The van der Waals surface area contributed by atoms with Crippen molar-refractivity contribution in [3.05, 3.63) is 53.1 Å². The largest absolute Gasteiger partial charge is 0.497 e. The molecule has 2 aromatic carbocycles. The number of benzene rings is 2. The van der Waals surface area contributed by atoms with Crippen LogP contribution in [0.2, 0.25) is 0 Å². The summed E-state index contributed by atoms with van der Waals surface area (Å²) in [6.07, 6.45) is 9.74. The maximum absolute atomic E-state index is 15.1. The Morgan fingerprint density at radius 1 is 0.980 bits per heavy atom. The number of carbonyl (C=O) groups excluding carboxylic acids is 2. The molecular weight excluding hydrogens is 653 g/mol. The predicted molar refractivity (Wildman–Crippen MR) is 191 cm³/mol. The van der Waals surface area contributed by atoms with Gasteiger partial charge in [-0.05, 0) is 99.4 Å². The minimum atomic E-state index is -3.89. The van der Waals surface area contributed by atoms with Gasteiger partial charge in [-0.2, -0.15) is 0 Å². The predicted octanol–water partition coefficient (Wildman–Crippen LogP) is 5.40. The Kier molecular flexibility index (Phi) is 7.86. The van der Waals surface area contributed by atoms with Gasteiger partial charge in [-0.25, -0.2) is 13.1 Å². The monoisotopic (exact) mass is 700 g/mol. The zero-order chi connectivity index (χ0) is 34.4. The number of piperazine rings is 1. The van der Waals surface area contributed by atoms with Crippen molar-refractivity contribution in [1.29, 1.82) is 0 Å². The zero-order valence-electron chi connectivity index (χ0n) is 29.2. The number of fused-ring (bicyclic) bond motifs is 9. The first-order valence-corrected chi connectivity index (χ1v) is 20.3. The van der Waals surface area contributed by atoms with E-state index < -0.39 is 27.4 Å². The van der Waals surface area contributed by atoms with Gasteiger partial charge in [-0.15, -0.1) is 0 Å². The van der Waals surface area contributed by atoms with Crippen LogP contribution in [0.25, 0.3) is 22.2 Å². The average Bonchev–Trinajstić information content (AvgIpc) is 3.31. The minimum Gasteiger partial charge on any atom is -0.497 e. The lowest BCUT2D eigenvalue weighted by atomic mass is 9.81. The molecule has 1 aromatic heterocycles. The third kappa shape index (κ3) is 5.29. The Morgan fingerprint density at radius 2 is 1.76 bits per heavy atom. The number of ether oxygens (including phenoxy) is 2. The molecule has 4 aliphatic heterocycles. The van der Waals surface area contributed by atoms with Gasteiger partial charge in [0.25, 0.3) is 5.91 Å². The first-order chi connectivity index (χ1) is 24.2. The van der Waals surface area contributed by atoms with Gasteiger partial charge in [0, 0.05) is 66.3 Å². The van der Waals surface area contributed by atoms with Crippen LogP contribution in [-0.4, -0.2) is 92.4 Å². The van der Waals surface area contributed by atoms with E-state index in [0.29, 0.717) is 31.1 Å². The molecule has 9 rings (SSSR count). The first-order valence-electron chi connectivity index (χ1n) is 18.7. The number of likely N-dealkylation sites (N-methyl/N-ethyl adjacent to an activating group) is 1. The Bertz CT molecular complexity index is 1960. The number of aromatic nitrogens is 1. The molecular formula is C39H48N4O6S. The topological polar surface area (TPSA) is 110 Å². The number of sulfonamides is 1. The number of carbonyl (C=O) groups is 2. The number of hydrogen-bond donors (Lipinski definition) is 1. The highest BCUT2D eigenvalue weighted by molar-refractivity contribution is 7.90. The van der Waals surface area contributed by atoms with Gasteiger partial charge in [0.05, 0.1) is 30.1 Å². The molecule has 3 aromatic rings. The Balaban J connectivity index is 1.18. The summed E-state index contributed by atoms with van der Waals surface area (Å²) in [5, 5.41) is 1.09. The van der Waals surface area contributed by atoms with Crippen LogP contribution in [0.15, 0.2) is 36.4 Å². The van der Waals surface area contributed by atoms with Crippen molar-refractivity contribution in [3.63, 3.8) is 0 Å². The molecule has 5 unspecified atom stereocenters. The van der Waals surface area contributed by atoms with Crippen molar-refractivity contribution in [3.8, 4) is 17.0 Å². The summed E-state index contributed by atoms with van der Waals surface area (Å²) in [6.45, 7) is 2.89. The standard InChI is InChI=1S/C39H48N4O6S/c1-41-20-26-11-12-27(21-41)43(26)38(45)39-19-33(39)32-18-28(48-2)13-15-30(32)36-35(24-7-4-3-5-8-24)31-14-10-25(17-34(31)42(36)23-39)37(44)40-50(46,47)22-29-9-6-16-49-29/h10,13-15,17-18,24,26-27,29,33H,3-9,11-12,16,19-23H2,1-2H3,(H,40,44). The lowest BCUT2D eigenvalue weighted by molar-refractivity contribution is -0.143. The van der Waals surface area contributed by atoms with Gasteiger partial charge >= 0.3 is 0 Å². The van der Waals surface area contributed by atoms with Crippen molar-refractivity contribution in [2.24, 2.45) is 5.41 Å². The van der Waals surface area contributed by atoms with Crippen molar-refractivity contribution < 1.29 is 27.5 Å². The second-order valence-electron chi connectivity index (χ2n) is 15.9. The molecule has 10 nitrogen and oxygen atoms in total. The van der Waals surface area contributed by atoms with Crippen LogP contribution in [0, 0.1) is 5.41 Å². The molecule has 6 aliphatic rings. The molecule has 0 spiro atoms. The minimum absolute atomic E-state index is 0.0720. The Hall–Kier alpha value is -3.41. The maximum atomic E-state index is 15.1. The van der Waals surface area contributed by atoms with Crippen molar-refractivity contribution in [2.45, 2.75) is 101 Å². The summed E-state index contributed by atoms with van der Waals surface area (Å²) in [5.74, 6) is 0.626. The van der Waals surface area contributed by atoms with E-state index in [1.165, 1.54) is 30.4 Å². The van der Waals surface area contributed by atoms with E-state index in [0.717, 1.165) is 79.5 Å². The Morgan fingerprint density at radius 3 is 2.48 bits per heavy atom. The molecule has 5 atom stereocenters. The third-order valence-electron chi connectivity index (χ3n) is 12.8. The lowest BCUT2D eigenvalue weighted by Gasteiger charge is -2.41. The third-order valence-corrected chi connectivity index (χ3v) is 14.1. The van der Waals surface area contributed by atoms with Gasteiger partial charge in [0.2, 0.25) is 15.9 Å². The van der Waals surface area contributed by atoms with Crippen molar-refractivity contribution in [2.75, 3.05) is 39.6 Å². The van der Waals surface area contributed by atoms with E-state index in [1.807, 2.05) is 18.2 Å². The van der Waals surface area contributed by atoms with Gasteiger partial charge in [0.1, 0.15) is 5.75 Å². The SMILES string of the molecule is COc1ccc2c(c1)C1CC1(C(=O)N1C3CCC1CN(C)C3)Cn1c-2c(C2CCCCC2)c2ccc(C(=O)NS(=O)(=O)CC3CCCO3)cc21. The summed E-state index contributed by atoms with van der Waals surface area (Å²) < 4.78 is 42.0. The maximum Gasteiger partial charge on any atom is 0.264 e. The van der Waals surface area contributed by atoms with Crippen molar-refractivity contribution in [1.82, 2.24) is 19.1 Å². The van der Waals surface area contributed by atoms with Crippen LogP contribution in [-0.2, 0) is 26.1 Å². The molecule has 2 aliphatic carbocycles. The fourth-order valence-electron chi connectivity index (χ4n) is 10.4. The molecule has 5 heterocycles. The molecule has 3 saturated heterocycles. The average molecular weight is 701 g/mol. The molecule has 2 bridgehead atoms. The highest BCUT2D eigenvalue weighted by Gasteiger charge is 2.65. The number of methoxy groups -OCH3 is 1. The van der Waals surface area contributed by atoms with Crippen LogP contribution in [0.4, 0.5) is 0 Å². The number of nitrogens with one attached hydrogen (secondary N) is 1. The number of hydrogen-bond acceptors (Lipinski definition) is 7. The highest BCUT2D eigenvalue weighted by Crippen LogP contribution is 2.66. The molecule has 11 heteroatoms. The number of nitrogens with zero attached hydrogens (tertiary/aromatic N) is 3. The van der Waals surface area contributed by atoms with Crippen LogP contribution >= 0.6 is 0 Å². The second-order valence-corrected chi connectivity index (χ2v) is 17.7. The smallest absolute Gasteiger partial charge is 0.264 e. The molecule has 266 valence electrons. The van der Waals surface area contributed by atoms with Crippen LogP contribution in [0.1, 0.15) is 97.5 Å². The fourth-order valence-corrected chi connectivity index (χ4v) is 11.6. The van der Waals surface area contributed by atoms with E-state index >= 15 is 4.79 Å². The summed E-state index contributed by atoms with van der Waals surface area (Å²) in [7, 11) is -0.0315. The van der Waals surface area contributed by atoms with Crippen molar-refractivity contribution >= 4 is 32.7 Å². The summed E-state index contributed by atoms with van der Waals surface area (Å²) in [5.41, 5.74) is 5.37. The van der Waals surface area contributed by atoms with Crippen LogP contribution in [0.5, 0.6) is 5.75 Å². The van der Waals surface area contributed by atoms with E-state index in [2.05, 4.69) is 38.3 Å². The Labute approximate surface area is 294 Å². The molecule has 2 amide bonds. The van der Waals surface area contributed by atoms with Gasteiger partial charge in [0.15, 0.2) is 0 Å². The highest BCUT2D eigenvalue weighted by atomic mass is 32.2. The fraction of sp³-hybridized carbons (Fsp3) is 0.590. The number of rotatable bonds is 7. The van der Waals surface area contributed by atoms with E-state index in [9.17, 15) is 13.2 Å². The molecule has 50 heavy (non-hydrogen) atoms. The normalized spacial score (nSPS) is 29.3. The van der Waals surface area contributed by atoms with Crippen LogP contribution < -0.4 is 9.46 Å². The number of amides is 2. The lowest BCUT2D eigenvalue weighted by Crippen LogP contribution is -2.57. The summed E-state index contributed by atoms with van der Waals surface area (Å²) in [6, 6.07) is 12.5. The second kappa shape index (κ2) is 12.1.